The Hall–Kier alpha value is -12.8. The highest BCUT2D eigenvalue weighted by Crippen LogP contribution is 2.26. The molecule has 2 fully saturated rings. The van der Waals surface area contributed by atoms with Crippen molar-refractivity contribution in [3.63, 3.8) is 0 Å². The average Bonchev–Trinajstić information content (AvgIpc) is 1.57. The number of aromatic nitrogens is 4. The summed E-state index contributed by atoms with van der Waals surface area (Å²) in [6.45, 7) is 9.63. The van der Waals surface area contributed by atoms with E-state index >= 15 is 24.0 Å². The van der Waals surface area contributed by atoms with E-state index in [-0.39, 0.29) is 94.8 Å². The van der Waals surface area contributed by atoms with Crippen molar-refractivity contribution in [3.8, 4) is 0 Å². The second-order valence-electron chi connectivity index (χ2n) is 34.1. The molecule has 18 N–H and O–H groups in total. The molecule has 706 valence electrons. The minimum Gasteiger partial charge on any atom is -0.394 e. The Kier molecular flexibility index (Phi) is 39.2. The topological polar surface area (TPSA) is 559 Å². The summed E-state index contributed by atoms with van der Waals surface area (Å²) in [5, 5.41) is 39.2. The highest BCUT2D eigenvalue weighted by atomic mass is 32.2. The monoisotopic (exact) mass is 1820 g/mol. The number of primary amides is 2. The van der Waals surface area contributed by atoms with Gasteiger partial charge < -0.3 is 109 Å². The summed E-state index contributed by atoms with van der Waals surface area (Å²) in [7, 11) is 5.34. The standard InChI is InChI=1S/C90H127N21O18S/c1-12-14-30-71-84(123)100-63(36-51(3)4)80(119)106-70(79(118)96-45-75(92)114)48-130-49-77(116)98-62(34-33-54-24-17-16-18-25-54)87(126)108(9)53(7)78(117)102-68(41-74(91)113)89(128)111-35-23-32-72(111)85(124)101-65(40-57-44-93-50-97-57)82(121)103-66(37-52(5)6)86(125)107(8)46-76(115)99-64(38-55-42-94-60-28-21-19-26-58(55)60)81(120)105-69(47-112)83(122)104-67(39-56-43-95-61-29-22-20-27-59(56)61)88(127)110(11)73(31-15-13-2)90(129)109(71)10/h16-22,24-29,42-44,50-53,62-73,94-95,112H,12-15,23,30-41,45-49H2,1-11H3,(H2,91,113)(H2,92,114)(H,93,97)(H,96,118)(H,98,116)(H,99,115)(H,100,123)(H,101,124)(H,102,117)(H,103,121)(H,104,122)(H,105,120)(H,106,119)/t53-,62-,63-,64-,65-,66-,67-,68-,69-,70?,71-,72-,73-/m0/s1. The fourth-order valence-electron chi connectivity index (χ4n) is 15.9. The number of amides is 17. The minimum atomic E-state index is -1.83. The van der Waals surface area contributed by atoms with Gasteiger partial charge in [-0.1, -0.05) is 134 Å². The number of hydrogen-bond donors (Lipinski definition) is 16. The van der Waals surface area contributed by atoms with E-state index in [0.29, 0.717) is 64.3 Å². The second kappa shape index (κ2) is 49.7. The molecule has 5 heterocycles. The molecule has 3 aromatic carbocycles. The molecule has 13 atom stereocenters. The van der Waals surface area contributed by atoms with Gasteiger partial charge >= 0.3 is 0 Å². The zero-order valence-corrected chi connectivity index (χ0v) is 76.5. The number of aliphatic hydroxyl groups excluding tert-OH is 1. The van der Waals surface area contributed by atoms with E-state index in [9.17, 15) is 62.6 Å². The third-order valence-corrected chi connectivity index (χ3v) is 24.2. The van der Waals surface area contributed by atoms with Gasteiger partial charge in [0.2, 0.25) is 100 Å². The van der Waals surface area contributed by atoms with E-state index in [0.717, 1.165) is 32.0 Å². The van der Waals surface area contributed by atoms with Crippen LogP contribution in [-0.2, 0) is 107 Å². The van der Waals surface area contributed by atoms with E-state index in [1.165, 1.54) is 57.4 Å². The maximum atomic E-state index is 15.7. The van der Waals surface area contributed by atoms with Gasteiger partial charge in [0.05, 0.1) is 38.2 Å². The Balaban J connectivity index is 1.17. The number of rotatable bonds is 25. The zero-order valence-electron chi connectivity index (χ0n) is 75.7. The first kappa shape index (κ1) is 103. The number of nitrogens with two attached hydrogens (primary N) is 2. The van der Waals surface area contributed by atoms with Crippen molar-refractivity contribution in [3.05, 3.63) is 126 Å². The van der Waals surface area contributed by atoms with Crippen LogP contribution in [0.4, 0.5) is 0 Å². The van der Waals surface area contributed by atoms with Crippen LogP contribution in [0.2, 0.25) is 0 Å². The molecule has 0 aliphatic carbocycles. The summed E-state index contributed by atoms with van der Waals surface area (Å²) < 4.78 is 0. The van der Waals surface area contributed by atoms with Crippen molar-refractivity contribution in [2.75, 3.05) is 65.9 Å². The van der Waals surface area contributed by atoms with Gasteiger partial charge in [0.15, 0.2) is 0 Å². The first-order chi connectivity index (χ1) is 61.9. The van der Waals surface area contributed by atoms with Crippen LogP contribution in [0.25, 0.3) is 21.8 Å². The number of para-hydroxylation sites is 2. The molecule has 2 aliphatic heterocycles. The highest BCUT2D eigenvalue weighted by Gasteiger charge is 2.44. The smallest absolute Gasteiger partial charge is 0.246 e. The number of likely N-dealkylation sites (N-methyl/N-ethyl adjacent to an activating group) is 4. The number of aromatic amines is 3. The van der Waals surface area contributed by atoms with Gasteiger partial charge in [0.1, 0.15) is 78.5 Å². The molecule has 130 heavy (non-hydrogen) atoms. The molecule has 40 heteroatoms. The Bertz CT molecular complexity index is 4950. The predicted molar refractivity (Wildman–Crippen MR) is 485 cm³/mol. The third-order valence-electron chi connectivity index (χ3n) is 23.1. The Morgan fingerprint density at radius 2 is 1.05 bits per heavy atom. The van der Waals surface area contributed by atoms with Crippen molar-refractivity contribution in [2.45, 2.75) is 230 Å². The summed E-state index contributed by atoms with van der Waals surface area (Å²) in [5.41, 5.74) is 14.7. The number of H-pyrrole nitrogens is 3. The molecule has 0 bridgehead atoms. The van der Waals surface area contributed by atoms with Crippen LogP contribution in [0, 0.1) is 11.8 Å². The highest BCUT2D eigenvalue weighted by molar-refractivity contribution is 8.00. The number of carbonyl (C=O) groups excluding carboxylic acids is 17. The molecule has 6 aromatic rings. The molecular formula is C90H127N21O18S. The lowest BCUT2D eigenvalue weighted by atomic mass is 9.99. The molecule has 3 aromatic heterocycles. The normalized spacial score (nSPS) is 23.8. The van der Waals surface area contributed by atoms with Gasteiger partial charge in [-0.05, 0) is 98.9 Å². The number of aliphatic hydroxyl groups is 1. The van der Waals surface area contributed by atoms with Crippen LogP contribution in [0.3, 0.4) is 0 Å². The number of nitrogens with zero attached hydrogens (tertiary/aromatic N) is 6. The zero-order chi connectivity index (χ0) is 95.2. The van der Waals surface area contributed by atoms with E-state index in [4.69, 9.17) is 11.5 Å². The molecule has 2 aliphatic rings. The lowest BCUT2D eigenvalue weighted by Gasteiger charge is -2.36. The van der Waals surface area contributed by atoms with Crippen molar-refractivity contribution >= 4 is 134 Å². The summed E-state index contributed by atoms with van der Waals surface area (Å²) >= 11 is 0.840. The van der Waals surface area contributed by atoms with Crippen molar-refractivity contribution in [2.24, 2.45) is 23.3 Å². The van der Waals surface area contributed by atoms with Crippen molar-refractivity contribution in [1.82, 2.24) is 97.6 Å². The molecule has 0 saturated carbocycles. The van der Waals surface area contributed by atoms with E-state index in [2.05, 4.69) is 73.1 Å². The number of hydrogen-bond acceptors (Lipinski definition) is 20. The number of carbonyl (C=O) groups is 17. The van der Waals surface area contributed by atoms with Crippen LogP contribution in [0.15, 0.2) is 104 Å². The quantitative estimate of drug-likeness (QED) is 0.0360. The number of thioether (sulfide) groups is 1. The van der Waals surface area contributed by atoms with E-state index in [1.807, 2.05) is 13.8 Å². The van der Waals surface area contributed by atoms with E-state index in [1.54, 1.807) is 119 Å². The number of fused-ring (bicyclic) bond motifs is 3. The first-order valence-electron chi connectivity index (χ1n) is 44.1. The third kappa shape index (κ3) is 29.4. The summed E-state index contributed by atoms with van der Waals surface area (Å²) in [6, 6.07) is 3.99. The Labute approximate surface area is 759 Å². The van der Waals surface area contributed by atoms with Crippen LogP contribution in [0.1, 0.15) is 148 Å². The van der Waals surface area contributed by atoms with Crippen LogP contribution >= 0.6 is 11.8 Å². The van der Waals surface area contributed by atoms with Gasteiger partial charge in [-0.2, -0.15) is 0 Å². The van der Waals surface area contributed by atoms with Gasteiger partial charge in [0.25, 0.3) is 0 Å². The van der Waals surface area contributed by atoms with Crippen LogP contribution < -0.4 is 64.6 Å². The lowest BCUT2D eigenvalue weighted by molar-refractivity contribution is -0.149. The molecule has 0 spiro atoms. The average molecular weight is 1820 g/mol. The van der Waals surface area contributed by atoms with Gasteiger partial charge in [0, 0.05) is 106 Å². The lowest BCUT2D eigenvalue weighted by Crippen LogP contribution is -2.61. The molecule has 39 nitrogen and oxygen atoms in total. The largest absolute Gasteiger partial charge is 0.394 e. The molecule has 8 rings (SSSR count). The summed E-state index contributed by atoms with van der Waals surface area (Å²) in [5.74, 6) is -16.4. The maximum absolute atomic E-state index is 15.7. The van der Waals surface area contributed by atoms with E-state index < -0.39 is 211 Å². The van der Waals surface area contributed by atoms with Crippen LogP contribution in [0.5, 0.6) is 0 Å². The Morgan fingerprint density at radius 3 is 1.64 bits per heavy atom. The predicted octanol–water partition coefficient (Wildman–Crippen LogP) is 0.0351. The molecule has 1 unspecified atom stereocenters. The van der Waals surface area contributed by atoms with Crippen molar-refractivity contribution in [1.29, 1.82) is 0 Å². The molecule has 0 radical (unpaired) electrons. The maximum Gasteiger partial charge on any atom is 0.246 e. The van der Waals surface area contributed by atoms with Gasteiger partial charge in [-0.15, -0.1) is 11.8 Å². The second-order valence-corrected chi connectivity index (χ2v) is 35.2. The number of aryl methyl sites for hydroxylation is 1. The number of imidazole rings is 1. The fraction of sp³-hybridized carbons (Fsp3) is 0.533. The molecule has 2 saturated heterocycles. The Morgan fingerprint density at radius 1 is 0.523 bits per heavy atom. The number of unbranched alkanes of at least 4 members (excludes halogenated alkanes) is 2. The first-order valence-corrected chi connectivity index (χ1v) is 45.3. The number of nitrogens with one attached hydrogen (secondary N) is 13. The molecule has 17 amide bonds. The summed E-state index contributed by atoms with van der Waals surface area (Å²) in [4.78, 5) is 267. The fourth-order valence-corrected chi connectivity index (χ4v) is 16.7. The van der Waals surface area contributed by atoms with Crippen LogP contribution in [-0.4, -0.2) is 294 Å². The minimum absolute atomic E-state index is 0.0170. The summed E-state index contributed by atoms with van der Waals surface area (Å²) in [6.07, 6.45) is 6.81. The number of benzene rings is 3. The molecular weight excluding hydrogens is 1700 g/mol. The van der Waals surface area contributed by atoms with Crippen molar-refractivity contribution < 1.29 is 86.6 Å². The van der Waals surface area contributed by atoms with Gasteiger partial charge in [-0.25, -0.2) is 4.98 Å². The SMILES string of the molecule is CCCC[C@H]1C(=O)N(C)[C@@H](CCCC)C(=O)N[C@@H](CC(C)C)C(=O)NC(C(=O)NCC(N)=O)CSCC(=O)N[C@@H](CCc2ccccc2)C(=O)N(C)[C@@H](C)C(=O)N[C@@H](CC(N)=O)C(=O)N2CCC[C@H]2C(=O)N[C@@H](Cc2cnc[nH]2)C(=O)N[C@@H](CC(C)C)C(=O)N(C)CC(=O)N[C@@H](Cc2c[nH]c3ccccc23)C(=O)N[C@@H](CO)C(=O)N[C@@H](Cc2c[nH]c3ccccc23)C(=O)N1C. The van der Waals surface area contributed by atoms with Gasteiger partial charge in [-0.3, -0.25) is 81.5 Å².